The third kappa shape index (κ3) is 3.14. The lowest BCUT2D eigenvalue weighted by Gasteiger charge is -2.20. The van der Waals surface area contributed by atoms with Gasteiger partial charge >= 0.3 is 0 Å². The molecule has 2 heterocycles. The van der Waals surface area contributed by atoms with Crippen LogP contribution in [0.2, 0.25) is 0 Å². The van der Waals surface area contributed by atoms with E-state index in [9.17, 15) is 0 Å². The van der Waals surface area contributed by atoms with Gasteiger partial charge in [0.05, 0.1) is 5.69 Å². The number of benzene rings is 1. The average molecular weight is 335 g/mol. The van der Waals surface area contributed by atoms with Crippen LogP contribution in [0.25, 0.3) is 5.95 Å². The quantitative estimate of drug-likeness (QED) is 0.762. The predicted molar refractivity (Wildman–Crippen MR) is 102 cm³/mol. The van der Waals surface area contributed by atoms with Crippen molar-refractivity contribution in [2.75, 3.05) is 5.32 Å². The van der Waals surface area contributed by atoms with Crippen molar-refractivity contribution in [1.82, 2.24) is 19.5 Å². The Labute approximate surface area is 149 Å². The number of aromatic nitrogens is 4. The van der Waals surface area contributed by atoms with Gasteiger partial charge in [0.15, 0.2) is 0 Å². The molecule has 5 heteroatoms. The van der Waals surface area contributed by atoms with Gasteiger partial charge in [-0.05, 0) is 76.3 Å². The maximum absolute atomic E-state index is 4.68. The molecule has 1 aromatic carbocycles. The molecule has 0 atom stereocenters. The molecule has 130 valence electrons. The summed E-state index contributed by atoms with van der Waals surface area (Å²) < 4.78 is 1.85. The summed E-state index contributed by atoms with van der Waals surface area (Å²) in [4.78, 5) is 13.5. The summed E-state index contributed by atoms with van der Waals surface area (Å²) in [6.07, 6.45) is 3.67. The highest BCUT2D eigenvalue weighted by molar-refractivity contribution is 5.69. The average Bonchev–Trinajstić information content (AvgIpc) is 3.01. The first kappa shape index (κ1) is 17.1. The lowest BCUT2D eigenvalue weighted by Crippen LogP contribution is -2.07. The summed E-state index contributed by atoms with van der Waals surface area (Å²) in [5.41, 5.74) is 9.50. The van der Waals surface area contributed by atoms with Crippen LogP contribution in [0.15, 0.2) is 18.6 Å². The van der Waals surface area contributed by atoms with Crippen molar-refractivity contribution in [2.24, 2.45) is 0 Å². The highest BCUT2D eigenvalue weighted by Crippen LogP contribution is 2.32. The fourth-order valence-corrected chi connectivity index (χ4v) is 3.08. The number of hydrogen-bond acceptors (Lipinski definition) is 4. The molecule has 0 bridgehead atoms. The Kier molecular flexibility index (Phi) is 4.33. The standard InChI is InChI=1S/C20H25N5/c1-11-8-18(24-20(22-11)25-9-12(2)21-10-25)23-19-16(6)14(4)13(3)15(5)17(19)7/h8-10H,1-7H3,(H,22,23,24). The molecule has 0 aliphatic carbocycles. The van der Waals surface area contributed by atoms with E-state index in [4.69, 9.17) is 0 Å². The smallest absolute Gasteiger partial charge is 0.237 e. The van der Waals surface area contributed by atoms with Crippen LogP contribution in [0.5, 0.6) is 0 Å². The molecule has 0 amide bonds. The molecule has 1 N–H and O–H groups in total. The molecule has 0 fully saturated rings. The number of hydrogen-bond donors (Lipinski definition) is 1. The molecule has 0 spiro atoms. The van der Waals surface area contributed by atoms with Crippen LogP contribution < -0.4 is 5.32 Å². The number of imidazole rings is 1. The molecule has 0 aliphatic rings. The fraction of sp³-hybridized carbons (Fsp3) is 0.350. The van der Waals surface area contributed by atoms with E-state index < -0.39 is 0 Å². The summed E-state index contributed by atoms with van der Waals surface area (Å²) in [6.45, 7) is 14.8. The zero-order valence-corrected chi connectivity index (χ0v) is 16.0. The van der Waals surface area contributed by atoms with Crippen LogP contribution in [-0.4, -0.2) is 19.5 Å². The molecule has 25 heavy (non-hydrogen) atoms. The molecule has 0 saturated carbocycles. The Balaban J connectivity index is 2.06. The molecule has 5 nitrogen and oxygen atoms in total. The second-order valence-corrected chi connectivity index (χ2v) is 6.74. The lowest BCUT2D eigenvalue weighted by molar-refractivity contribution is 0.911. The van der Waals surface area contributed by atoms with Crippen molar-refractivity contribution in [3.8, 4) is 5.95 Å². The number of anilines is 2. The van der Waals surface area contributed by atoms with E-state index in [1.165, 1.54) is 27.8 Å². The Hall–Kier alpha value is -2.69. The highest BCUT2D eigenvalue weighted by Gasteiger charge is 2.14. The molecule has 0 radical (unpaired) electrons. The first-order valence-electron chi connectivity index (χ1n) is 8.48. The van der Waals surface area contributed by atoms with Crippen LogP contribution in [-0.2, 0) is 0 Å². The Morgan fingerprint density at radius 3 is 1.92 bits per heavy atom. The predicted octanol–water partition coefficient (Wildman–Crippen LogP) is 4.56. The van der Waals surface area contributed by atoms with Crippen LogP contribution in [0.4, 0.5) is 11.5 Å². The minimum Gasteiger partial charge on any atom is -0.340 e. The molecule has 0 aliphatic heterocycles. The summed E-state index contributed by atoms with van der Waals surface area (Å²) in [7, 11) is 0. The maximum Gasteiger partial charge on any atom is 0.237 e. The van der Waals surface area contributed by atoms with Crippen molar-refractivity contribution < 1.29 is 0 Å². The minimum absolute atomic E-state index is 0.624. The number of nitrogens with one attached hydrogen (secondary N) is 1. The van der Waals surface area contributed by atoms with E-state index in [-0.39, 0.29) is 0 Å². The molecule has 3 rings (SSSR count). The molecular formula is C20H25N5. The van der Waals surface area contributed by atoms with Crippen LogP contribution in [0, 0.1) is 48.5 Å². The van der Waals surface area contributed by atoms with Crippen LogP contribution in [0.3, 0.4) is 0 Å². The van der Waals surface area contributed by atoms with Gasteiger partial charge in [-0.1, -0.05) is 0 Å². The van der Waals surface area contributed by atoms with E-state index >= 15 is 0 Å². The third-order valence-corrected chi connectivity index (χ3v) is 5.04. The van der Waals surface area contributed by atoms with Crippen molar-refractivity contribution >= 4 is 11.5 Å². The van der Waals surface area contributed by atoms with Gasteiger partial charge in [0.2, 0.25) is 5.95 Å². The van der Waals surface area contributed by atoms with Gasteiger partial charge in [-0.25, -0.2) is 9.97 Å². The Morgan fingerprint density at radius 1 is 0.760 bits per heavy atom. The monoisotopic (exact) mass is 335 g/mol. The Bertz CT molecular complexity index is 924. The van der Waals surface area contributed by atoms with Gasteiger partial charge in [-0.2, -0.15) is 4.98 Å². The number of rotatable bonds is 3. The molecule has 0 saturated heterocycles. The summed E-state index contributed by atoms with van der Waals surface area (Å²) in [5, 5.41) is 3.52. The SMILES string of the molecule is Cc1cn(-c2nc(C)cc(Nc3c(C)c(C)c(C)c(C)c3C)n2)cn1. The summed E-state index contributed by atoms with van der Waals surface area (Å²) in [6, 6.07) is 1.97. The molecule has 0 unspecified atom stereocenters. The largest absolute Gasteiger partial charge is 0.340 e. The summed E-state index contributed by atoms with van der Waals surface area (Å²) >= 11 is 0. The van der Waals surface area contributed by atoms with Crippen LogP contribution in [0.1, 0.15) is 39.2 Å². The Morgan fingerprint density at radius 2 is 1.36 bits per heavy atom. The second-order valence-electron chi connectivity index (χ2n) is 6.74. The minimum atomic E-state index is 0.624. The topological polar surface area (TPSA) is 55.6 Å². The van der Waals surface area contributed by atoms with E-state index in [0.29, 0.717) is 5.95 Å². The van der Waals surface area contributed by atoms with E-state index in [2.05, 4.69) is 54.9 Å². The normalized spacial score (nSPS) is 11.0. The molecule has 2 aromatic heterocycles. The number of aryl methyl sites for hydroxylation is 2. The van der Waals surface area contributed by atoms with Crippen molar-refractivity contribution in [1.29, 1.82) is 0 Å². The van der Waals surface area contributed by atoms with Crippen molar-refractivity contribution in [2.45, 2.75) is 48.5 Å². The third-order valence-electron chi connectivity index (χ3n) is 5.04. The zero-order valence-electron chi connectivity index (χ0n) is 16.0. The van der Waals surface area contributed by atoms with Gasteiger partial charge in [0.1, 0.15) is 12.1 Å². The lowest BCUT2D eigenvalue weighted by atomic mass is 9.93. The van der Waals surface area contributed by atoms with Gasteiger partial charge < -0.3 is 5.32 Å². The second kappa shape index (κ2) is 6.31. The van der Waals surface area contributed by atoms with Gasteiger partial charge in [0, 0.05) is 23.6 Å². The van der Waals surface area contributed by atoms with E-state index in [1.54, 1.807) is 6.33 Å². The first-order chi connectivity index (χ1) is 11.8. The molecular weight excluding hydrogens is 310 g/mol. The zero-order chi connectivity index (χ0) is 18.3. The van der Waals surface area contributed by atoms with Gasteiger partial charge in [0.25, 0.3) is 0 Å². The fourth-order valence-electron chi connectivity index (χ4n) is 3.08. The van der Waals surface area contributed by atoms with Gasteiger partial charge in [-0.15, -0.1) is 0 Å². The maximum atomic E-state index is 4.68. The summed E-state index contributed by atoms with van der Waals surface area (Å²) in [5.74, 6) is 1.42. The van der Waals surface area contributed by atoms with E-state index in [0.717, 1.165) is 22.9 Å². The highest BCUT2D eigenvalue weighted by atomic mass is 15.2. The van der Waals surface area contributed by atoms with Gasteiger partial charge in [-0.3, -0.25) is 4.57 Å². The van der Waals surface area contributed by atoms with Crippen molar-refractivity contribution in [3.05, 3.63) is 57.8 Å². The van der Waals surface area contributed by atoms with Crippen molar-refractivity contribution in [3.63, 3.8) is 0 Å². The number of nitrogens with zero attached hydrogens (tertiary/aromatic N) is 4. The van der Waals surface area contributed by atoms with E-state index in [1.807, 2.05) is 30.7 Å². The first-order valence-corrected chi connectivity index (χ1v) is 8.48. The van der Waals surface area contributed by atoms with Crippen LogP contribution >= 0.6 is 0 Å². The molecule has 3 aromatic rings.